The number of nitriles is 1. The van der Waals surface area contributed by atoms with Crippen LogP contribution in [-0.2, 0) is 14.3 Å². The molecule has 0 aromatic rings. The van der Waals surface area contributed by atoms with Crippen molar-refractivity contribution in [3.05, 3.63) is 0 Å². The van der Waals surface area contributed by atoms with E-state index in [9.17, 15) is 4.79 Å². The van der Waals surface area contributed by atoms with Crippen molar-refractivity contribution in [1.29, 1.82) is 5.26 Å². The van der Waals surface area contributed by atoms with E-state index in [0.717, 1.165) is 0 Å². The minimum Gasteiger partial charge on any atom is -0.448 e. The van der Waals surface area contributed by atoms with Crippen LogP contribution in [0.5, 0.6) is 0 Å². The molecule has 3 aliphatic heterocycles. The number of fused-ring (bicyclic) bond motifs is 2. The van der Waals surface area contributed by atoms with E-state index in [1.807, 2.05) is 6.07 Å². The van der Waals surface area contributed by atoms with E-state index in [4.69, 9.17) is 26.3 Å². The molecule has 3 heterocycles. The Bertz CT molecular complexity index is 403. The number of aliphatic imine (C=N–C) groups is 1. The summed E-state index contributed by atoms with van der Waals surface area (Å²) in [6.07, 6.45) is 0.311. The average molecular weight is 229 g/mol. The van der Waals surface area contributed by atoms with Gasteiger partial charge >= 0.3 is 5.97 Å². The Balaban J connectivity index is 2.59. The molecule has 0 radical (unpaired) electrons. The van der Waals surface area contributed by atoms with Crippen molar-refractivity contribution < 1.29 is 14.3 Å². The van der Waals surface area contributed by atoms with Gasteiger partial charge in [-0.1, -0.05) is 11.6 Å². The number of nitrogens with zero attached hydrogens (tertiary/aromatic N) is 2. The van der Waals surface area contributed by atoms with Crippen LogP contribution in [0.25, 0.3) is 0 Å². The molecule has 0 unspecified atom stereocenters. The second-order valence-corrected chi connectivity index (χ2v) is 4.17. The molecule has 0 aromatic carbocycles. The Kier molecular flexibility index (Phi) is 2.04. The molecule has 3 atom stereocenters. The van der Waals surface area contributed by atoms with Gasteiger partial charge in [0.05, 0.1) is 6.07 Å². The molecule has 0 aromatic heterocycles. The molecule has 0 aliphatic carbocycles. The highest BCUT2D eigenvalue weighted by molar-refractivity contribution is 6.67. The van der Waals surface area contributed by atoms with Crippen molar-refractivity contribution in [2.45, 2.75) is 24.7 Å². The summed E-state index contributed by atoms with van der Waals surface area (Å²) in [5.41, 5.74) is -2.54. The van der Waals surface area contributed by atoms with E-state index in [1.54, 1.807) is 6.92 Å². The molecule has 80 valence electrons. The highest BCUT2D eigenvalue weighted by Crippen LogP contribution is 2.45. The lowest BCUT2D eigenvalue weighted by atomic mass is 9.79. The molecule has 6 heteroatoms. The van der Waals surface area contributed by atoms with Gasteiger partial charge < -0.3 is 9.47 Å². The molecule has 15 heavy (non-hydrogen) atoms. The maximum Gasteiger partial charge on any atom is 0.364 e. The van der Waals surface area contributed by atoms with Crippen molar-refractivity contribution >= 4 is 22.7 Å². The molecule has 0 spiro atoms. The molecule has 1 saturated heterocycles. The van der Waals surface area contributed by atoms with E-state index < -0.39 is 23.2 Å². The summed E-state index contributed by atoms with van der Waals surface area (Å²) in [5.74, 6) is -1.30. The number of carbonyl (C=O) groups is 1. The lowest BCUT2D eigenvalue weighted by Gasteiger charge is -2.47. The average Bonchev–Trinajstić information content (AvgIpc) is 2.20. The van der Waals surface area contributed by atoms with Gasteiger partial charge in [-0.2, -0.15) is 5.26 Å². The first-order valence-electron chi connectivity index (χ1n) is 4.42. The van der Waals surface area contributed by atoms with Crippen LogP contribution in [0.2, 0.25) is 0 Å². The van der Waals surface area contributed by atoms with Crippen molar-refractivity contribution in [3.8, 4) is 6.07 Å². The number of esters is 1. The summed E-state index contributed by atoms with van der Waals surface area (Å²) in [5, 5.41) is 9.15. The van der Waals surface area contributed by atoms with E-state index in [0.29, 0.717) is 6.42 Å². The first-order chi connectivity index (χ1) is 6.98. The number of hydrogen-bond donors (Lipinski definition) is 0. The van der Waals surface area contributed by atoms with Gasteiger partial charge in [0.1, 0.15) is 11.1 Å². The van der Waals surface area contributed by atoms with Crippen LogP contribution < -0.4 is 0 Å². The van der Waals surface area contributed by atoms with Crippen molar-refractivity contribution in [1.82, 2.24) is 0 Å². The SMILES string of the molecule is CO[C@]12N=C(Cl)[C@](C)(C[C@H]1C#N)OC2=O. The smallest absolute Gasteiger partial charge is 0.364 e. The summed E-state index contributed by atoms with van der Waals surface area (Å²) in [6, 6.07) is 2.01. The van der Waals surface area contributed by atoms with Gasteiger partial charge in [-0.05, 0) is 6.92 Å². The summed E-state index contributed by atoms with van der Waals surface area (Å²) in [4.78, 5) is 15.6. The monoisotopic (exact) mass is 228 g/mol. The second-order valence-electron chi connectivity index (χ2n) is 3.81. The van der Waals surface area contributed by atoms with Gasteiger partial charge in [-0.15, -0.1) is 0 Å². The lowest BCUT2D eigenvalue weighted by Crippen LogP contribution is -2.63. The number of rotatable bonds is 1. The van der Waals surface area contributed by atoms with Crippen LogP contribution in [0, 0.1) is 17.2 Å². The molecule has 3 rings (SSSR count). The van der Waals surface area contributed by atoms with Crippen LogP contribution in [0.15, 0.2) is 4.99 Å². The molecule has 1 fully saturated rings. The third-order valence-corrected chi connectivity index (χ3v) is 3.33. The highest BCUT2D eigenvalue weighted by atomic mass is 35.5. The third-order valence-electron chi connectivity index (χ3n) is 2.84. The topological polar surface area (TPSA) is 71.7 Å². The van der Waals surface area contributed by atoms with Crippen LogP contribution >= 0.6 is 11.6 Å². The Hall–Kier alpha value is -1.12. The maximum absolute atomic E-state index is 11.7. The molecular weight excluding hydrogens is 220 g/mol. The van der Waals surface area contributed by atoms with E-state index in [-0.39, 0.29) is 5.17 Å². The highest BCUT2D eigenvalue weighted by Gasteiger charge is 2.63. The fraction of sp³-hybridized carbons (Fsp3) is 0.667. The van der Waals surface area contributed by atoms with Crippen molar-refractivity contribution in [2.75, 3.05) is 7.11 Å². The van der Waals surface area contributed by atoms with Crippen LogP contribution in [0.3, 0.4) is 0 Å². The molecule has 5 nitrogen and oxygen atoms in total. The zero-order valence-electron chi connectivity index (χ0n) is 8.28. The van der Waals surface area contributed by atoms with Crippen LogP contribution in [0.1, 0.15) is 13.3 Å². The fourth-order valence-corrected chi connectivity index (χ4v) is 2.15. The fourth-order valence-electron chi connectivity index (χ4n) is 1.91. The minimum atomic E-state index is -1.57. The van der Waals surface area contributed by atoms with E-state index in [2.05, 4.69) is 4.99 Å². The molecular formula is C9H9ClN2O3. The van der Waals surface area contributed by atoms with Gasteiger partial charge in [0.15, 0.2) is 5.60 Å². The van der Waals surface area contributed by atoms with Gasteiger partial charge in [-0.3, -0.25) is 0 Å². The first-order valence-corrected chi connectivity index (χ1v) is 4.80. The summed E-state index contributed by atoms with van der Waals surface area (Å²) < 4.78 is 10.2. The number of ether oxygens (including phenoxy) is 2. The Labute approximate surface area is 91.6 Å². The van der Waals surface area contributed by atoms with Gasteiger partial charge in [0.2, 0.25) is 0 Å². The van der Waals surface area contributed by atoms with Gasteiger partial charge in [-0.25, -0.2) is 9.79 Å². The third kappa shape index (κ3) is 1.12. The standard InChI is InChI=1S/C9H9ClN2O3/c1-8-3-5(4-11)9(14-2,7(13)15-8)12-6(8)10/h5H,3H2,1-2H3/t5-,8-,9+/m0/s1. The number of carbonyl (C=O) groups excluding carboxylic acids is 1. The molecule has 0 N–H and O–H groups in total. The number of methoxy groups -OCH3 is 1. The Morgan fingerprint density at radius 3 is 3.00 bits per heavy atom. The molecule has 0 saturated carbocycles. The number of hydrogen-bond acceptors (Lipinski definition) is 5. The van der Waals surface area contributed by atoms with Gasteiger partial charge in [0, 0.05) is 13.5 Å². The van der Waals surface area contributed by atoms with E-state index >= 15 is 0 Å². The normalized spacial score (nSPS) is 43.2. The van der Waals surface area contributed by atoms with Gasteiger partial charge in [0.25, 0.3) is 5.72 Å². The minimum absolute atomic E-state index is 0.176. The summed E-state index contributed by atoms with van der Waals surface area (Å²) in [7, 11) is 1.31. The Morgan fingerprint density at radius 1 is 1.80 bits per heavy atom. The molecule has 3 aliphatic rings. The zero-order chi connectivity index (χ0) is 11.3. The Morgan fingerprint density at radius 2 is 2.47 bits per heavy atom. The quantitative estimate of drug-likeness (QED) is 0.623. The van der Waals surface area contributed by atoms with E-state index in [1.165, 1.54) is 7.11 Å². The maximum atomic E-state index is 11.7. The second kappa shape index (κ2) is 2.94. The predicted molar refractivity (Wildman–Crippen MR) is 51.2 cm³/mol. The molecule has 2 bridgehead atoms. The first kappa shape index (κ1) is 10.4. The largest absolute Gasteiger partial charge is 0.448 e. The van der Waals surface area contributed by atoms with Crippen LogP contribution in [0.4, 0.5) is 0 Å². The summed E-state index contributed by atoms with van der Waals surface area (Å²) >= 11 is 5.89. The number of halogens is 1. The lowest BCUT2D eigenvalue weighted by molar-refractivity contribution is -0.202. The van der Waals surface area contributed by atoms with Crippen molar-refractivity contribution in [2.24, 2.45) is 10.9 Å². The zero-order valence-corrected chi connectivity index (χ0v) is 9.04. The van der Waals surface area contributed by atoms with Crippen molar-refractivity contribution in [3.63, 3.8) is 0 Å². The summed E-state index contributed by atoms with van der Waals surface area (Å²) in [6.45, 7) is 1.64. The predicted octanol–water partition coefficient (Wildman–Crippen LogP) is 0.825. The molecule has 0 amide bonds. The van der Waals surface area contributed by atoms with Crippen LogP contribution in [-0.4, -0.2) is 29.6 Å².